The summed E-state index contributed by atoms with van der Waals surface area (Å²) in [5.74, 6) is 0. The van der Waals surface area contributed by atoms with E-state index in [0.29, 0.717) is 6.42 Å². The molecule has 1 aromatic heterocycles. The molecule has 0 fully saturated rings. The number of aryl methyl sites for hydroxylation is 2. The number of aliphatic hydroxyl groups excluding tert-OH is 1. The van der Waals surface area contributed by atoms with Crippen molar-refractivity contribution < 1.29 is 5.11 Å². The number of hydrogen-bond acceptors (Lipinski definition) is 3. The van der Waals surface area contributed by atoms with Crippen LogP contribution in [-0.4, -0.2) is 21.7 Å². The molecular weight excluding hydrogens is 176 g/mol. The monoisotopic (exact) mass is 186 g/mol. The third-order valence-electron chi connectivity index (χ3n) is 1.47. The highest BCUT2D eigenvalue weighted by atomic mass is 35.5. The minimum absolute atomic E-state index is 0.181. The number of halogens is 1. The first kappa shape index (κ1) is 9.42. The van der Waals surface area contributed by atoms with Crippen molar-refractivity contribution in [1.82, 2.24) is 9.97 Å². The van der Waals surface area contributed by atoms with Crippen LogP contribution in [0.4, 0.5) is 0 Å². The van der Waals surface area contributed by atoms with E-state index in [0.717, 1.165) is 17.8 Å². The van der Waals surface area contributed by atoms with E-state index >= 15 is 0 Å². The van der Waals surface area contributed by atoms with Crippen LogP contribution in [0.3, 0.4) is 0 Å². The van der Waals surface area contributed by atoms with Gasteiger partial charge in [0.25, 0.3) is 0 Å². The highest BCUT2D eigenvalue weighted by molar-refractivity contribution is 6.28. The average molecular weight is 187 g/mol. The van der Waals surface area contributed by atoms with Crippen LogP contribution in [0.15, 0.2) is 6.07 Å². The topological polar surface area (TPSA) is 46.0 Å². The van der Waals surface area contributed by atoms with E-state index in [4.69, 9.17) is 16.7 Å². The molecule has 0 radical (unpaired) electrons. The second kappa shape index (κ2) is 4.38. The van der Waals surface area contributed by atoms with Crippen LogP contribution in [0.1, 0.15) is 17.8 Å². The summed E-state index contributed by atoms with van der Waals surface area (Å²) in [7, 11) is 0. The van der Waals surface area contributed by atoms with Crippen LogP contribution in [0, 0.1) is 6.92 Å². The van der Waals surface area contributed by atoms with Gasteiger partial charge >= 0.3 is 0 Å². The van der Waals surface area contributed by atoms with Gasteiger partial charge in [-0.3, -0.25) is 0 Å². The molecule has 0 unspecified atom stereocenters. The molecule has 0 amide bonds. The zero-order valence-electron chi connectivity index (χ0n) is 6.92. The molecule has 0 aromatic carbocycles. The summed E-state index contributed by atoms with van der Waals surface area (Å²) < 4.78 is 0. The van der Waals surface area contributed by atoms with Crippen molar-refractivity contribution >= 4 is 11.6 Å². The van der Waals surface area contributed by atoms with Crippen molar-refractivity contribution in [3.05, 3.63) is 22.7 Å². The van der Waals surface area contributed by atoms with E-state index in [1.165, 1.54) is 0 Å². The molecule has 0 aliphatic heterocycles. The molecule has 0 saturated carbocycles. The van der Waals surface area contributed by atoms with Crippen LogP contribution >= 0.6 is 11.6 Å². The van der Waals surface area contributed by atoms with Gasteiger partial charge in [-0.1, -0.05) is 0 Å². The van der Waals surface area contributed by atoms with E-state index in [9.17, 15) is 0 Å². The van der Waals surface area contributed by atoms with E-state index in [2.05, 4.69) is 9.97 Å². The van der Waals surface area contributed by atoms with Crippen LogP contribution in [0.5, 0.6) is 0 Å². The van der Waals surface area contributed by atoms with Gasteiger partial charge in [-0.25, -0.2) is 9.97 Å². The Morgan fingerprint density at radius 2 is 2.25 bits per heavy atom. The highest BCUT2D eigenvalue weighted by Gasteiger charge is 1.98. The molecule has 1 rings (SSSR count). The van der Waals surface area contributed by atoms with Crippen molar-refractivity contribution in [2.75, 3.05) is 6.61 Å². The van der Waals surface area contributed by atoms with E-state index < -0.39 is 0 Å². The highest BCUT2D eigenvalue weighted by Crippen LogP contribution is 2.06. The van der Waals surface area contributed by atoms with Gasteiger partial charge in [-0.15, -0.1) is 0 Å². The van der Waals surface area contributed by atoms with Crippen LogP contribution in [-0.2, 0) is 6.42 Å². The standard InChI is InChI=1S/C8H11ClN2O/c1-6-5-7(3-2-4-12)11-8(9)10-6/h5,12H,2-4H2,1H3. The molecule has 0 spiro atoms. The molecular formula is C8H11ClN2O. The second-order valence-electron chi connectivity index (χ2n) is 2.60. The zero-order chi connectivity index (χ0) is 8.97. The van der Waals surface area contributed by atoms with Crippen molar-refractivity contribution in [1.29, 1.82) is 0 Å². The fourth-order valence-electron chi connectivity index (χ4n) is 0.983. The van der Waals surface area contributed by atoms with Gasteiger partial charge in [-0.05, 0) is 37.4 Å². The third-order valence-corrected chi connectivity index (χ3v) is 1.64. The number of aromatic nitrogens is 2. The Labute approximate surface area is 76.4 Å². The Balaban J connectivity index is 2.72. The molecule has 0 aliphatic rings. The largest absolute Gasteiger partial charge is 0.396 e. The predicted octanol–water partition coefficient (Wildman–Crippen LogP) is 1.36. The van der Waals surface area contributed by atoms with Crippen LogP contribution < -0.4 is 0 Å². The summed E-state index contributed by atoms with van der Waals surface area (Å²) in [5.41, 5.74) is 1.75. The molecule has 66 valence electrons. The Morgan fingerprint density at radius 1 is 1.50 bits per heavy atom. The first-order valence-corrected chi connectivity index (χ1v) is 4.21. The smallest absolute Gasteiger partial charge is 0.222 e. The Hall–Kier alpha value is -0.670. The maximum absolute atomic E-state index is 8.59. The molecule has 4 heteroatoms. The number of nitrogens with zero attached hydrogens (tertiary/aromatic N) is 2. The number of rotatable bonds is 3. The number of aliphatic hydroxyl groups is 1. The molecule has 12 heavy (non-hydrogen) atoms. The van der Waals surface area contributed by atoms with E-state index in [1.54, 1.807) is 0 Å². The Kier molecular flexibility index (Phi) is 3.44. The Morgan fingerprint density at radius 3 is 2.83 bits per heavy atom. The first-order chi connectivity index (χ1) is 5.72. The fourth-order valence-corrected chi connectivity index (χ4v) is 1.22. The lowest BCUT2D eigenvalue weighted by Gasteiger charge is -2.00. The van der Waals surface area contributed by atoms with Crippen molar-refractivity contribution in [3.8, 4) is 0 Å². The molecule has 1 aromatic rings. The molecule has 0 atom stereocenters. The van der Waals surface area contributed by atoms with E-state index in [-0.39, 0.29) is 11.9 Å². The quantitative estimate of drug-likeness (QED) is 0.726. The predicted molar refractivity (Wildman–Crippen MR) is 47.2 cm³/mol. The lowest BCUT2D eigenvalue weighted by molar-refractivity contribution is 0.288. The maximum Gasteiger partial charge on any atom is 0.222 e. The van der Waals surface area contributed by atoms with Crippen molar-refractivity contribution in [2.24, 2.45) is 0 Å². The molecule has 1 N–H and O–H groups in total. The van der Waals surface area contributed by atoms with Gasteiger partial charge in [0.1, 0.15) is 0 Å². The van der Waals surface area contributed by atoms with Gasteiger partial charge in [-0.2, -0.15) is 0 Å². The molecule has 0 bridgehead atoms. The van der Waals surface area contributed by atoms with Crippen molar-refractivity contribution in [2.45, 2.75) is 19.8 Å². The fraction of sp³-hybridized carbons (Fsp3) is 0.500. The van der Waals surface area contributed by atoms with Gasteiger partial charge in [0, 0.05) is 18.0 Å². The summed E-state index contributed by atoms with van der Waals surface area (Å²) in [6.45, 7) is 2.05. The molecule has 0 aliphatic carbocycles. The Bertz CT molecular complexity index is 245. The minimum Gasteiger partial charge on any atom is -0.396 e. The second-order valence-corrected chi connectivity index (χ2v) is 2.93. The van der Waals surface area contributed by atoms with Crippen molar-refractivity contribution in [3.63, 3.8) is 0 Å². The molecule has 1 heterocycles. The zero-order valence-corrected chi connectivity index (χ0v) is 7.67. The summed E-state index contributed by atoms with van der Waals surface area (Å²) in [6.07, 6.45) is 1.46. The molecule has 0 saturated heterocycles. The van der Waals surface area contributed by atoms with Gasteiger partial charge in [0.15, 0.2) is 0 Å². The molecule has 3 nitrogen and oxygen atoms in total. The van der Waals surface area contributed by atoms with Gasteiger partial charge in [0.2, 0.25) is 5.28 Å². The summed E-state index contributed by atoms with van der Waals surface area (Å²) in [4.78, 5) is 7.95. The average Bonchev–Trinajstić information content (AvgIpc) is 1.99. The van der Waals surface area contributed by atoms with Gasteiger partial charge < -0.3 is 5.11 Å². The summed E-state index contributed by atoms with van der Waals surface area (Å²) in [6, 6.07) is 1.88. The summed E-state index contributed by atoms with van der Waals surface area (Å²) in [5, 5.41) is 8.87. The van der Waals surface area contributed by atoms with Crippen LogP contribution in [0.25, 0.3) is 0 Å². The van der Waals surface area contributed by atoms with Gasteiger partial charge in [0.05, 0.1) is 0 Å². The number of hydrogen-bond donors (Lipinski definition) is 1. The lowest BCUT2D eigenvalue weighted by atomic mass is 10.2. The SMILES string of the molecule is Cc1cc(CCCO)nc(Cl)n1. The lowest BCUT2D eigenvalue weighted by Crippen LogP contribution is -1.96. The normalized spacial score (nSPS) is 10.2. The van der Waals surface area contributed by atoms with Crippen LogP contribution in [0.2, 0.25) is 5.28 Å². The third kappa shape index (κ3) is 2.75. The first-order valence-electron chi connectivity index (χ1n) is 3.83. The van der Waals surface area contributed by atoms with E-state index in [1.807, 2.05) is 13.0 Å². The minimum atomic E-state index is 0.181. The maximum atomic E-state index is 8.59. The summed E-state index contributed by atoms with van der Waals surface area (Å²) >= 11 is 5.64.